The van der Waals surface area contributed by atoms with Crippen LogP contribution in [0.15, 0.2) is 47.0 Å². The molecule has 8 heteroatoms. The Balaban J connectivity index is 1.62. The van der Waals surface area contributed by atoms with E-state index in [1.165, 1.54) is 5.56 Å². The Hall–Kier alpha value is -3.68. The van der Waals surface area contributed by atoms with Crippen LogP contribution in [-0.4, -0.2) is 39.4 Å². The molecule has 0 aliphatic rings. The van der Waals surface area contributed by atoms with E-state index in [-0.39, 0.29) is 0 Å². The van der Waals surface area contributed by atoms with Crippen LogP contribution in [0.4, 0.5) is 0 Å². The molecule has 0 aliphatic carbocycles. The summed E-state index contributed by atoms with van der Waals surface area (Å²) >= 11 is 0. The first-order valence-electron chi connectivity index (χ1n) is 9.11. The zero-order valence-corrected chi connectivity index (χ0v) is 16.7. The molecule has 2 heterocycles. The first kappa shape index (κ1) is 18.7. The molecule has 2 aromatic heterocycles. The highest BCUT2D eigenvalue weighted by molar-refractivity contribution is 5.66. The van der Waals surface area contributed by atoms with Crippen LogP contribution in [-0.2, 0) is 6.54 Å². The summed E-state index contributed by atoms with van der Waals surface area (Å²) in [5, 5.41) is 12.6. The van der Waals surface area contributed by atoms with Gasteiger partial charge in [-0.1, -0.05) is 40.2 Å². The van der Waals surface area contributed by atoms with Crippen LogP contribution in [0, 0.1) is 13.8 Å². The first-order valence-corrected chi connectivity index (χ1v) is 9.11. The lowest BCUT2D eigenvalue weighted by Gasteiger charge is -2.06. The number of nitrogens with zero attached hydrogens (tertiary/aromatic N) is 5. The molecule has 2 aromatic carbocycles. The lowest BCUT2D eigenvalue weighted by molar-refractivity contribution is 0.391. The number of aryl methyl sites for hydroxylation is 1. The maximum Gasteiger partial charge on any atom is 0.262 e. The van der Waals surface area contributed by atoms with E-state index in [0.29, 0.717) is 41.0 Å². The molecule has 4 aromatic rings. The van der Waals surface area contributed by atoms with Gasteiger partial charge in [0.1, 0.15) is 11.5 Å². The lowest BCUT2D eigenvalue weighted by atomic mass is 10.1. The van der Waals surface area contributed by atoms with Gasteiger partial charge >= 0.3 is 0 Å². The quantitative estimate of drug-likeness (QED) is 0.495. The zero-order chi connectivity index (χ0) is 20.4. The van der Waals surface area contributed by atoms with Crippen LogP contribution >= 0.6 is 0 Å². The normalized spacial score (nSPS) is 10.9. The van der Waals surface area contributed by atoms with Gasteiger partial charge in [-0.15, -0.1) is 5.10 Å². The molecule has 4 rings (SSSR count). The van der Waals surface area contributed by atoms with Gasteiger partial charge in [0.15, 0.2) is 5.69 Å². The molecule has 0 aliphatic heterocycles. The minimum absolute atomic E-state index is 0.340. The molecule has 0 amide bonds. The van der Waals surface area contributed by atoms with Crippen LogP contribution in [0.3, 0.4) is 0 Å². The summed E-state index contributed by atoms with van der Waals surface area (Å²) in [6.07, 6.45) is 0. The summed E-state index contributed by atoms with van der Waals surface area (Å²) in [6, 6.07) is 13.7. The molecule has 148 valence electrons. The van der Waals surface area contributed by atoms with Crippen LogP contribution in [0.2, 0.25) is 0 Å². The van der Waals surface area contributed by atoms with Gasteiger partial charge in [0, 0.05) is 6.07 Å². The van der Waals surface area contributed by atoms with Crippen molar-refractivity contribution in [2.75, 3.05) is 14.2 Å². The van der Waals surface area contributed by atoms with E-state index >= 15 is 0 Å². The summed E-state index contributed by atoms with van der Waals surface area (Å²) in [7, 11) is 3.18. The fraction of sp³-hybridized carbons (Fsp3) is 0.238. The topological polar surface area (TPSA) is 88.1 Å². The highest BCUT2D eigenvalue weighted by Crippen LogP contribution is 2.33. The molecule has 0 bridgehead atoms. The minimum atomic E-state index is 0.340. The van der Waals surface area contributed by atoms with E-state index < -0.39 is 0 Å². The molecule has 0 unspecified atom stereocenters. The fourth-order valence-corrected chi connectivity index (χ4v) is 2.99. The Morgan fingerprint density at radius 1 is 1.00 bits per heavy atom. The van der Waals surface area contributed by atoms with Gasteiger partial charge in [-0.05, 0) is 31.5 Å². The third kappa shape index (κ3) is 3.69. The molecular formula is C21H21N5O3. The summed E-state index contributed by atoms with van der Waals surface area (Å²) in [5.41, 5.74) is 4.49. The largest absolute Gasteiger partial charge is 0.497 e. The average molecular weight is 391 g/mol. The van der Waals surface area contributed by atoms with Crippen LogP contribution < -0.4 is 9.47 Å². The molecule has 0 radical (unpaired) electrons. The number of hydrogen-bond donors (Lipinski definition) is 0. The van der Waals surface area contributed by atoms with Gasteiger partial charge in [-0.2, -0.15) is 4.98 Å². The average Bonchev–Trinajstić information content (AvgIpc) is 3.36. The van der Waals surface area contributed by atoms with Gasteiger partial charge in [0.25, 0.3) is 5.89 Å². The molecule has 0 saturated carbocycles. The van der Waals surface area contributed by atoms with Gasteiger partial charge in [-0.25, -0.2) is 4.68 Å². The van der Waals surface area contributed by atoms with Gasteiger partial charge in [0.05, 0.1) is 32.0 Å². The monoisotopic (exact) mass is 391 g/mol. The molecule has 0 saturated heterocycles. The van der Waals surface area contributed by atoms with Crippen molar-refractivity contribution >= 4 is 0 Å². The molecule has 0 N–H and O–H groups in total. The van der Waals surface area contributed by atoms with Crippen molar-refractivity contribution in [1.29, 1.82) is 0 Å². The first-order chi connectivity index (χ1) is 14.1. The van der Waals surface area contributed by atoms with Gasteiger partial charge in [-0.3, -0.25) is 0 Å². The predicted molar refractivity (Wildman–Crippen MR) is 107 cm³/mol. The Morgan fingerprint density at radius 3 is 2.52 bits per heavy atom. The second kappa shape index (κ2) is 7.75. The Kier molecular flexibility index (Phi) is 4.99. The molecule has 0 atom stereocenters. The van der Waals surface area contributed by atoms with Crippen molar-refractivity contribution < 1.29 is 14.0 Å². The standard InChI is InChI=1S/C21H21N5O3/c1-13-5-7-15(8-6-13)12-26-14(2)19(23-25-26)20-22-21(29-24-20)17-10-9-16(27-3)11-18(17)28-4/h5-11H,12H2,1-4H3. The van der Waals surface area contributed by atoms with Crippen molar-refractivity contribution in [2.24, 2.45) is 0 Å². The third-order valence-corrected chi connectivity index (χ3v) is 4.71. The number of hydrogen-bond acceptors (Lipinski definition) is 7. The maximum absolute atomic E-state index is 5.46. The smallest absolute Gasteiger partial charge is 0.262 e. The van der Waals surface area contributed by atoms with E-state index in [9.17, 15) is 0 Å². The second-order valence-electron chi connectivity index (χ2n) is 6.66. The number of benzene rings is 2. The third-order valence-electron chi connectivity index (χ3n) is 4.71. The van der Waals surface area contributed by atoms with E-state index in [2.05, 4.69) is 51.6 Å². The van der Waals surface area contributed by atoms with Crippen LogP contribution in [0.25, 0.3) is 23.0 Å². The van der Waals surface area contributed by atoms with Gasteiger partial charge < -0.3 is 14.0 Å². The van der Waals surface area contributed by atoms with Crippen molar-refractivity contribution in [3.8, 4) is 34.5 Å². The second-order valence-corrected chi connectivity index (χ2v) is 6.66. The number of methoxy groups -OCH3 is 2. The summed E-state index contributed by atoms with van der Waals surface area (Å²) < 4.78 is 17.9. The van der Waals surface area contributed by atoms with Crippen molar-refractivity contribution in [1.82, 2.24) is 25.1 Å². The predicted octanol–water partition coefficient (Wildman–Crippen LogP) is 3.68. The summed E-state index contributed by atoms with van der Waals surface area (Å²) in [6.45, 7) is 4.62. The van der Waals surface area contributed by atoms with Gasteiger partial charge in [0.2, 0.25) is 5.82 Å². The van der Waals surface area contributed by atoms with E-state index in [4.69, 9.17) is 14.0 Å². The minimum Gasteiger partial charge on any atom is -0.497 e. The summed E-state index contributed by atoms with van der Waals surface area (Å²) in [4.78, 5) is 4.49. The van der Waals surface area contributed by atoms with Crippen molar-refractivity contribution in [2.45, 2.75) is 20.4 Å². The van der Waals surface area contributed by atoms with E-state index in [0.717, 1.165) is 11.3 Å². The molecule has 29 heavy (non-hydrogen) atoms. The zero-order valence-electron chi connectivity index (χ0n) is 16.7. The molecular weight excluding hydrogens is 370 g/mol. The lowest BCUT2D eigenvalue weighted by Crippen LogP contribution is -2.04. The Morgan fingerprint density at radius 2 is 1.79 bits per heavy atom. The number of rotatable bonds is 6. The number of ether oxygens (including phenoxy) is 2. The highest BCUT2D eigenvalue weighted by atomic mass is 16.5. The van der Waals surface area contributed by atoms with E-state index in [1.807, 2.05) is 23.7 Å². The van der Waals surface area contributed by atoms with Crippen molar-refractivity contribution in [3.63, 3.8) is 0 Å². The van der Waals surface area contributed by atoms with Crippen LogP contribution in [0.5, 0.6) is 11.5 Å². The number of aromatic nitrogens is 5. The molecule has 0 fully saturated rings. The molecule has 8 nitrogen and oxygen atoms in total. The highest BCUT2D eigenvalue weighted by Gasteiger charge is 2.20. The summed E-state index contributed by atoms with van der Waals surface area (Å²) in [5.74, 6) is 1.98. The fourth-order valence-electron chi connectivity index (χ4n) is 2.99. The van der Waals surface area contributed by atoms with Crippen LogP contribution in [0.1, 0.15) is 16.8 Å². The molecule has 0 spiro atoms. The Bertz CT molecular complexity index is 1130. The Labute approximate surface area is 168 Å². The SMILES string of the molecule is COc1ccc(-c2nc(-c3nnn(Cc4ccc(C)cc4)c3C)no2)c(OC)c1. The van der Waals surface area contributed by atoms with E-state index in [1.54, 1.807) is 20.3 Å². The maximum atomic E-state index is 5.46. The van der Waals surface area contributed by atoms with Crippen molar-refractivity contribution in [3.05, 3.63) is 59.3 Å².